The van der Waals surface area contributed by atoms with E-state index in [1.807, 2.05) is 32.9 Å². The van der Waals surface area contributed by atoms with Gasteiger partial charge in [-0.2, -0.15) is 0 Å². The van der Waals surface area contributed by atoms with E-state index in [1.165, 1.54) is 24.8 Å². The molecule has 1 heterocycles. The van der Waals surface area contributed by atoms with Crippen LogP contribution in [-0.4, -0.2) is 54.4 Å². The number of hydrogen-bond acceptors (Lipinski definition) is 5. The molecule has 0 amide bonds. The second-order valence-corrected chi connectivity index (χ2v) is 11.0. The lowest BCUT2D eigenvalue weighted by Crippen LogP contribution is -2.47. The molecule has 1 aliphatic carbocycles. The number of hydrogen-bond donors (Lipinski definition) is 0. The Kier molecular flexibility index (Phi) is 10.4. The molecule has 1 saturated heterocycles. The molecule has 5 nitrogen and oxygen atoms in total. The number of allylic oxidation sites excluding steroid dienone is 1. The Morgan fingerprint density at radius 1 is 1.06 bits per heavy atom. The minimum Gasteiger partial charge on any atom is -0.460 e. The van der Waals surface area contributed by atoms with E-state index < -0.39 is 5.60 Å². The highest BCUT2D eigenvalue weighted by Gasteiger charge is 2.41. The molecule has 6 heteroatoms. The maximum atomic E-state index is 11.9. The van der Waals surface area contributed by atoms with Crippen LogP contribution in [0.15, 0.2) is 40.9 Å². The molecule has 3 rings (SSSR count). The SMILES string of the molecule is CC(C)(C)OC(=O)CCC=CCO[C@@H]1[C@@H](OCc2ccc(Br)cc2)CC[C@H]1N1CCCCC1. The molecule has 0 radical (unpaired) electrons. The smallest absolute Gasteiger partial charge is 0.306 e. The van der Waals surface area contributed by atoms with E-state index in [4.69, 9.17) is 14.2 Å². The van der Waals surface area contributed by atoms with Gasteiger partial charge in [0.05, 0.1) is 25.4 Å². The number of benzene rings is 1. The average Bonchev–Trinajstić information content (AvgIpc) is 3.18. The molecule has 0 N–H and O–H groups in total. The van der Waals surface area contributed by atoms with Crippen LogP contribution >= 0.6 is 15.9 Å². The van der Waals surface area contributed by atoms with Crippen LogP contribution in [-0.2, 0) is 25.6 Å². The third-order valence-electron chi connectivity index (χ3n) is 6.22. The normalized spacial score (nSPS) is 24.4. The van der Waals surface area contributed by atoms with Crippen molar-refractivity contribution in [1.29, 1.82) is 0 Å². The molecule has 2 aliphatic rings. The fourth-order valence-electron chi connectivity index (χ4n) is 4.68. The summed E-state index contributed by atoms with van der Waals surface area (Å²) in [7, 11) is 0. The van der Waals surface area contributed by atoms with Crippen molar-refractivity contribution in [2.24, 2.45) is 0 Å². The van der Waals surface area contributed by atoms with Crippen molar-refractivity contribution in [3.8, 4) is 0 Å². The lowest BCUT2D eigenvalue weighted by atomic mass is 10.1. The van der Waals surface area contributed by atoms with E-state index in [-0.39, 0.29) is 18.2 Å². The van der Waals surface area contributed by atoms with Gasteiger partial charge in [0.15, 0.2) is 0 Å². The number of ether oxygens (including phenoxy) is 3. The summed E-state index contributed by atoms with van der Waals surface area (Å²) in [5.74, 6) is -0.157. The average molecular weight is 523 g/mol. The Morgan fingerprint density at radius 2 is 1.79 bits per heavy atom. The van der Waals surface area contributed by atoms with Gasteiger partial charge < -0.3 is 14.2 Å². The van der Waals surface area contributed by atoms with Gasteiger partial charge in [0, 0.05) is 16.9 Å². The molecular formula is C27H40BrNO4. The van der Waals surface area contributed by atoms with Gasteiger partial charge in [0.1, 0.15) is 5.60 Å². The second-order valence-electron chi connectivity index (χ2n) is 10.1. The van der Waals surface area contributed by atoms with Crippen LogP contribution in [0.4, 0.5) is 0 Å². The van der Waals surface area contributed by atoms with Crippen LogP contribution < -0.4 is 0 Å². The number of nitrogens with zero attached hydrogens (tertiary/aromatic N) is 1. The molecule has 3 atom stereocenters. The highest BCUT2D eigenvalue weighted by molar-refractivity contribution is 9.10. The van der Waals surface area contributed by atoms with Gasteiger partial charge in [0.2, 0.25) is 0 Å². The minimum absolute atomic E-state index is 0.0778. The third kappa shape index (κ3) is 9.16. The van der Waals surface area contributed by atoms with Crippen molar-refractivity contribution in [2.45, 2.75) is 96.2 Å². The Balaban J connectivity index is 1.50. The van der Waals surface area contributed by atoms with E-state index in [0.29, 0.717) is 32.1 Å². The molecule has 1 aliphatic heterocycles. The fourth-order valence-corrected chi connectivity index (χ4v) is 4.94. The van der Waals surface area contributed by atoms with E-state index in [0.717, 1.165) is 30.4 Å². The Morgan fingerprint density at radius 3 is 2.48 bits per heavy atom. The first-order valence-corrected chi connectivity index (χ1v) is 13.2. The zero-order valence-electron chi connectivity index (χ0n) is 20.4. The number of rotatable bonds is 10. The van der Waals surface area contributed by atoms with E-state index in [2.05, 4.69) is 45.1 Å². The number of esters is 1. The number of likely N-dealkylation sites (tertiary alicyclic amines) is 1. The summed E-state index contributed by atoms with van der Waals surface area (Å²) in [4.78, 5) is 14.5. The number of carbonyl (C=O) groups excluding carboxylic acids is 1. The van der Waals surface area contributed by atoms with Crippen LogP contribution in [0.25, 0.3) is 0 Å². The molecule has 184 valence electrons. The van der Waals surface area contributed by atoms with Gasteiger partial charge in [-0.25, -0.2) is 0 Å². The maximum Gasteiger partial charge on any atom is 0.306 e. The predicted molar refractivity (Wildman–Crippen MR) is 135 cm³/mol. The predicted octanol–water partition coefficient (Wildman–Crippen LogP) is 6.05. The molecule has 1 aromatic carbocycles. The highest BCUT2D eigenvalue weighted by Crippen LogP contribution is 2.32. The summed E-state index contributed by atoms with van der Waals surface area (Å²) < 4.78 is 19.2. The topological polar surface area (TPSA) is 48.0 Å². The molecular weight excluding hydrogens is 482 g/mol. The molecule has 0 unspecified atom stereocenters. The summed E-state index contributed by atoms with van der Waals surface area (Å²) in [6, 6.07) is 8.74. The largest absolute Gasteiger partial charge is 0.460 e. The number of halogens is 1. The molecule has 0 bridgehead atoms. The summed E-state index contributed by atoms with van der Waals surface area (Å²) in [6.07, 6.45) is 11.3. The number of piperidine rings is 1. The van der Waals surface area contributed by atoms with E-state index in [1.54, 1.807) is 0 Å². The maximum absolute atomic E-state index is 11.9. The standard InChI is InChI=1S/C27H40BrNO4/c1-27(2,3)33-25(30)10-6-4-9-19-31-26-23(29-17-7-5-8-18-29)15-16-24(26)32-20-21-11-13-22(28)14-12-21/h4,9,11-14,23-24,26H,5-8,10,15-20H2,1-3H3/t23-,24+,26+/m1/s1. The summed E-state index contributed by atoms with van der Waals surface area (Å²) in [5.41, 5.74) is 0.751. The van der Waals surface area contributed by atoms with Crippen LogP contribution in [0.1, 0.15) is 71.3 Å². The van der Waals surface area contributed by atoms with Gasteiger partial charge >= 0.3 is 5.97 Å². The first-order valence-electron chi connectivity index (χ1n) is 12.4. The molecule has 1 saturated carbocycles. The van der Waals surface area contributed by atoms with Gasteiger partial charge in [-0.3, -0.25) is 9.69 Å². The molecule has 0 aromatic heterocycles. The molecule has 2 fully saturated rings. The Bertz CT molecular complexity index is 752. The van der Waals surface area contributed by atoms with E-state index in [9.17, 15) is 4.79 Å². The lowest BCUT2D eigenvalue weighted by molar-refractivity contribution is -0.154. The molecule has 33 heavy (non-hydrogen) atoms. The Hall–Kier alpha value is -1.21. The van der Waals surface area contributed by atoms with Gasteiger partial charge in [-0.1, -0.05) is 46.6 Å². The zero-order valence-corrected chi connectivity index (χ0v) is 22.0. The minimum atomic E-state index is -0.429. The monoisotopic (exact) mass is 521 g/mol. The zero-order chi connectivity index (χ0) is 23.7. The molecule has 1 aromatic rings. The first-order chi connectivity index (χ1) is 15.8. The van der Waals surface area contributed by atoms with Crippen molar-refractivity contribution in [1.82, 2.24) is 4.90 Å². The summed E-state index contributed by atoms with van der Waals surface area (Å²) in [6.45, 7) is 9.15. The van der Waals surface area contributed by atoms with Crippen LogP contribution in [0.2, 0.25) is 0 Å². The van der Waals surface area contributed by atoms with Crippen molar-refractivity contribution >= 4 is 21.9 Å². The summed E-state index contributed by atoms with van der Waals surface area (Å²) in [5, 5.41) is 0. The van der Waals surface area contributed by atoms with Gasteiger partial charge in [-0.05, 0) is 83.7 Å². The number of carbonyl (C=O) groups is 1. The Labute approximate surface area is 208 Å². The second kappa shape index (κ2) is 13.0. The lowest BCUT2D eigenvalue weighted by Gasteiger charge is -2.36. The fraction of sp³-hybridized carbons (Fsp3) is 0.667. The van der Waals surface area contributed by atoms with Crippen LogP contribution in [0, 0.1) is 0 Å². The quantitative estimate of drug-likeness (QED) is 0.277. The first kappa shape index (κ1) is 26.4. The summed E-state index contributed by atoms with van der Waals surface area (Å²) >= 11 is 3.49. The van der Waals surface area contributed by atoms with Crippen molar-refractivity contribution in [3.05, 3.63) is 46.5 Å². The van der Waals surface area contributed by atoms with Gasteiger partial charge in [-0.15, -0.1) is 0 Å². The van der Waals surface area contributed by atoms with Crippen molar-refractivity contribution in [2.75, 3.05) is 19.7 Å². The van der Waals surface area contributed by atoms with Crippen LogP contribution in [0.3, 0.4) is 0 Å². The highest BCUT2D eigenvalue weighted by atomic mass is 79.9. The van der Waals surface area contributed by atoms with Gasteiger partial charge in [0.25, 0.3) is 0 Å². The van der Waals surface area contributed by atoms with E-state index >= 15 is 0 Å². The van der Waals surface area contributed by atoms with Crippen LogP contribution in [0.5, 0.6) is 0 Å². The van der Waals surface area contributed by atoms with Crippen molar-refractivity contribution < 1.29 is 19.0 Å². The third-order valence-corrected chi connectivity index (χ3v) is 6.75. The molecule has 0 spiro atoms. The van der Waals surface area contributed by atoms with Crippen molar-refractivity contribution in [3.63, 3.8) is 0 Å².